The zero-order chi connectivity index (χ0) is 34.8. The first kappa shape index (κ1) is 38.1. The number of aliphatic imine (C=N–C) groups is 1. The molecule has 1 aliphatic rings. The van der Waals surface area contributed by atoms with Crippen LogP contribution in [0.4, 0.5) is 22.0 Å². The molecule has 0 amide bonds. The van der Waals surface area contributed by atoms with Gasteiger partial charge < -0.3 is 44.7 Å². The molecule has 0 radical (unpaired) electrons. The number of hydrogen-bond acceptors (Lipinski definition) is 12. The minimum Gasteiger partial charge on any atom is -0.479 e. The maximum Gasteiger partial charge on any atom is 0.339 e. The Hall–Kier alpha value is -4.04. The van der Waals surface area contributed by atoms with Crippen LogP contribution in [0.1, 0.15) is 25.3 Å². The Morgan fingerprint density at radius 2 is 1.50 bits per heavy atom. The van der Waals surface area contributed by atoms with Gasteiger partial charge in [-0.3, -0.25) is 9.79 Å². The lowest BCUT2D eigenvalue weighted by Gasteiger charge is -2.43. The molecular weight excluding hydrogens is 639 g/mol. The van der Waals surface area contributed by atoms with E-state index in [1.807, 2.05) is 0 Å². The fraction of sp³-hybridized carbons (Fsp3) is 0.519. The molecule has 256 valence electrons. The van der Waals surface area contributed by atoms with Crippen molar-refractivity contribution in [1.29, 1.82) is 0 Å². The topological polar surface area (TPSA) is 213 Å². The van der Waals surface area contributed by atoms with E-state index in [2.05, 4.69) is 9.73 Å². The maximum absolute atomic E-state index is 15.7. The average molecular weight is 671 g/mol. The number of carbonyl (C=O) groups excluding carboxylic acids is 2. The Balaban J connectivity index is 2.99. The molecule has 0 aromatic heterocycles. The molecule has 4 atom stereocenters. The third kappa shape index (κ3) is 8.02. The second-order valence-electron chi connectivity index (χ2n) is 9.32. The molecule has 4 unspecified atom stereocenters. The fourth-order valence-electron chi connectivity index (χ4n) is 4.34. The lowest BCUT2D eigenvalue weighted by Crippen LogP contribution is -2.56. The van der Waals surface area contributed by atoms with Crippen molar-refractivity contribution in [2.24, 2.45) is 16.6 Å². The molecular formula is C27H31F5N2O12. The summed E-state index contributed by atoms with van der Waals surface area (Å²) in [5, 5.41) is 29.2. The fourth-order valence-corrected chi connectivity index (χ4v) is 4.34. The molecule has 1 aromatic rings. The molecule has 0 aliphatic carbocycles. The number of nitrogens with two attached hydrogens (primary N) is 1. The van der Waals surface area contributed by atoms with Crippen LogP contribution in [0, 0.1) is 35.0 Å². The summed E-state index contributed by atoms with van der Waals surface area (Å²) in [6, 6.07) is 0. The molecule has 2 rings (SSSR count). The van der Waals surface area contributed by atoms with Crippen LogP contribution in [0.2, 0.25) is 0 Å². The Labute approximate surface area is 257 Å². The van der Waals surface area contributed by atoms with E-state index in [1.54, 1.807) is 0 Å². The van der Waals surface area contributed by atoms with Crippen LogP contribution in [0.15, 0.2) is 16.3 Å². The van der Waals surface area contributed by atoms with E-state index in [9.17, 15) is 47.7 Å². The van der Waals surface area contributed by atoms with Gasteiger partial charge in [-0.25, -0.2) is 36.3 Å². The van der Waals surface area contributed by atoms with Gasteiger partial charge in [-0.1, -0.05) is 0 Å². The number of rotatable bonds is 18. The number of carbonyl (C=O) groups is 4. The standard InChI is InChI=1S/C27H31F5N2O12/c1-3-45-26(41)14-13(11-44-9-5-8-43-7-4-6-33)34-10-12(25(40)42-2)27(14,46-22(24(38)39)21(35)23(36)37)15-16(28)18(30)20(32)19(31)17(15)29/h10,12,21-22,35H,3-9,11,33H2,1-2H3,(H,36,37)(H,38,39). The number of aliphatic carboxylic acids is 2. The summed E-state index contributed by atoms with van der Waals surface area (Å²) < 4.78 is 100. The first-order valence-corrected chi connectivity index (χ1v) is 13.4. The van der Waals surface area contributed by atoms with Gasteiger partial charge in [-0.05, 0) is 26.3 Å². The second-order valence-corrected chi connectivity index (χ2v) is 9.32. The Morgan fingerprint density at radius 3 is 2.02 bits per heavy atom. The number of halogens is 5. The van der Waals surface area contributed by atoms with Gasteiger partial charge in [0.25, 0.3) is 0 Å². The first-order chi connectivity index (χ1) is 21.7. The number of ether oxygens (including phenoxy) is 5. The van der Waals surface area contributed by atoms with Crippen LogP contribution in [0.25, 0.3) is 0 Å². The SMILES string of the molecule is CCOC(=O)C1=C(COCCCOCCCN)N=CC(C(=O)OC)C1(OC(C(=O)O)C(O)C(=O)O)c1c(F)c(F)c(F)c(F)c1F. The number of carboxylic acid groups (broad SMARTS) is 2. The molecule has 0 spiro atoms. The highest BCUT2D eigenvalue weighted by molar-refractivity contribution is 6.01. The normalized spacial score (nSPS) is 19.1. The Morgan fingerprint density at radius 1 is 0.935 bits per heavy atom. The number of nitrogens with zero attached hydrogens (tertiary/aromatic N) is 1. The van der Waals surface area contributed by atoms with Crippen LogP contribution in [-0.2, 0) is 48.5 Å². The molecule has 1 aliphatic heterocycles. The van der Waals surface area contributed by atoms with Gasteiger partial charge in [0, 0.05) is 26.0 Å². The second kappa shape index (κ2) is 17.0. The van der Waals surface area contributed by atoms with E-state index in [0.29, 0.717) is 32.9 Å². The number of methoxy groups -OCH3 is 1. The highest BCUT2D eigenvalue weighted by Gasteiger charge is 2.61. The van der Waals surface area contributed by atoms with Crippen molar-refractivity contribution in [3.63, 3.8) is 0 Å². The average Bonchev–Trinajstić information content (AvgIpc) is 3.02. The number of hydrogen-bond donors (Lipinski definition) is 4. The molecule has 1 aromatic carbocycles. The Bertz CT molecular complexity index is 1350. The van der Waals surface area contributed by atoms with Gasteiger partial charge in [0.1, 0.15) is 5.92 Å². The number of aliphatic hydroxyl groups excluding tert-OH is 1. The van der Waals surface area contributed by atoms with Gasteiger partial charge in [0.2, 0.25) is 5.82 Å². The molecule has 46 heavy (non-hydrogen) atoms. The van der Waals surface area contributed by atoms with Crippen molar-refractivity contribution in [2.45, 2.75) is 37.6 Å². The number of esters is 2. The highest BCUT2D eigenvalue weighted by Crippen LogP contribution is 2.49. The summed E-state index contributed by atoms with van der Waals surface area (Å²) in [7, 11) is 0.697. The van der Waals surface area contributed by atoms with Gasteiger partial charge in [-0.15, -0.1) is 0 Å². The minimum atomic E-state index is -3.80. The van der Waals surface area contributed by atoms with Crippen molar-refractivity contribution in [2.75, 3.05) is 46.7 Å². The Kier molecular flexibility index (Phi) is 14.1. The number of carboxylic acids is 2. The van der Waals surface area contributed by atoms with Crippen molar-refractivity contribution < 1.29 is 80.1 Å². The van der Waals surface area contributed by atoms with E-state index >= 15 is 8.78 Å². The van der Waals surface area contributed by atoms with Crippen LogP contribution in [0.5, 0.6) is 0 Å². The van der Waals surface area contributed by atoms with E-state index in [-0.39, 0.29) is 19.6 Å². The zero-order valence-corrected chi connectivity index (χ0v) is 24.4. The zero-order valence-electron chi connectivity index (χ0n) is 24.4. The van der Waals surface area contributed by atoms with Crippen LogP contribution in [0.3, 0.4) is 0 Å². The quantitative estimate of drug-likeness (QED) is 0.0564. The molecule has 0 bridgehead atoms. The van der Waals surface area contributed by atoms with Crippen LogP contribution >= 0.6 is 0 Å². The van der Waals surface area contributed by atoms with Gasteiger partial charge in [0.05, 0.1) is 37.2 Å². The number of aliphatic hydroxyl groups is 1. The highest BCUT2D eigenvalue weighted by atomic mass is 19.2. The lowest BCUT2D eigenvalue weighted by molar-refractivity contribution is -0.195. The maximum atomic E-state index is 15.7. The number of benzene rings is 1. The smallest absolute Gasteiger partial charge is 0.339 e. The predicted octanol–water partition coefficient (Wildman–Crippen LogP) is 0.956. The van der Waals surface area contributed by atoms with E-state index < -0.39 is 107 Å². The molecule has 0 saturated heterocycles. The first-order valence-electron chi connectivity index (χ1n) is 13.4. The summed E-state index contributed by atoms with van der Waals surface area (Å²) in [6.07, 6.45) is -4.96. The third-order valence-corrected chi connectivity index (χ3v) is 6.40. The largest absolute Gasteiger partial charge is 0.479 e. The molecule has 14 nitrogen and oxygen atoms in total. The van der Waals surface area contributed by atoms with Crippen LogP contribution in [-0.4, -0.2) is 104 Å². The monoisotopic (exact) mass is 670 g/mol. The van der Waals surface area contributed by atoms with E-state index in [4.69, 9.17) is 24.7 Å². The van der Waals surface area contributed by atoms with Crippen LogP contribution < -0.4 is 5.73 Å². The predicted molar refractivity (Wildman–Crippen MR) is 142 cm³/mol. The van der Waals surface area contributed by atoms with Gasteiger partial charge in [-0.2, -0.15) is 0 Å². The van der Waals surface area contributed by atoms with Gasteiger partial charge >= 0.3 is 23.9 Å². The minimum absolute atomic E-state index is 0.135. The third-order valence-electron chi connectivity index (χ3n) is 6.40. The summed E-state index contributed by atoms with van der Waals surface area (Å²) in [5.74, 6) is -23.9. The lowest BCUT2D eigenvalue weighted by atomic mass is 9.72. The van der Waals surface area contributed by atoms with E-state index in [1.165, 1.54) is 6.92 Å². The van der Waals surface area contributed by atoms with E-state index in [0.717, 1.165) is 0 Å². The van der Waals surface area contributed by atoms with Crippen molar-refractivity contribution in [3.8, 4) is 0 Å². The van der Waals surface area contributed by atoms with Gasteiger partial charge in [0.15, 0.2) is 41.1 Å². The molecule has 19 heteroatoms. The van der Waals surface area contributed by atoms with Crippen molar-refractivity contribution >= 4 is 30.1 Å². The van der Waals surface area contributed by atoms with Crippen molar-refractivity contribution in [3.05, 3.63) is 45.9 Å². The molecule has 0 fully saturated rings. The summed E-state index contributed by atoms with van der Waals surface area (Å²) in [5.41, 5.74) is -2.59. The van der Waals surface area contributed by atoms with Crippen molar-refractivity contribution in [1.82, 2.24) is 0 Å². The summed E-state index contributed by atoms with van der Waals surface area (Å²) >= 11 is 0. The molecule has 1 heterocycles. The summed E-state index contributed by atoms with van der Waals surface area (Å²) in [6.45, 7) is 0.663. The molecule has 5 N–H and O–H groups in total. The summed E-state index contributed by atoms with van der Waals surface area (Å²) in [4.78, 5) is 54.2. The molecule has 0 saturated carbocycles.